The Morgan fingerprint density at radius 1 is 1.00 bits per heavy atom. The molecular weight excluding hydrogens is 679 g/mol. The summed E-state index contributed by atoms with van der Waals surface area (Å²) in [5, 5.41) is 3.28. The monoisotopic (exact) mass is 753 g/mol. The number of ether oxygens (including phenoxy) is 2. The fraction of sp³-hybridized carbons (Fsp3) is 0.857. The molecule has 0 aromatic heterocycles. The second-order valence-corrected chi connectivity index (χ2v) is 23.5. The predicted octanol–water partition coefficient (Wildman–Crippen LogP) is 12.7. The van der Waals surface area contributed by atoms with Gasteiger partial charge < -0.3 is 14.8 Å². The number of rotatable bonds is 16. The summed E-state index contributed by atoms with van der Waals surface area (Å²) in [5.41, 5.74) is 3.92. The third-order valence-corrected chi connectivity index (χ3v) is 17.8. The summed E-state index contributed by atoms with van der Waals surface area (Å²) < 4.78 is 12.1. The molecule has 0 aliphatic heterocycles. The fourth-order valence-electron chi connectivity index (χ4n) is 9.92. The van der Waals surface area contributed by atoms with Gasteiger partial charge in [0, 0.05) is 12.9 Å². The number of aryl methyl sites for hydroxylation is 1. The van der Waals surface area contributed by atoms with Crippen LogP contribution in [0.5, 0.6) is 5.75 Å². The Kier molecular flexibility index (Phi) is 16.2. The van der Waals surface area contributed by atoms with E-state index in [9.17, 15) is 0 Å². The van der Waals surface area contributed by atoms with Crippen molar-refractivity contribution in [1.29, 1.82) is 0 Å². The van der Waals surface area contributed by atoms with Crippen LogP contribution in [0.4, 0.5) is 0 Å². The molecule has 6 unspecified atom stereocenters. The maximum atomic E-state index is 6.49. The highest BCUT2D eigenvalue weighted by atomic mass is 33.1. The third kappa shape index (κ3) is 11.7. The second-order valence-electron chi connectivity index (χ2n) is 18.7. The maximum absolute atomic E-state index is 6.49. The van der Waals surface area contributed by atoms with Gasteiger partial charge in [-0.2, -0.15) is 0 Å². The summed E-state index contributed by atoms with van der Waals surface area (Å²) in [6.07, 6.45) is 12.9. The summed E-state index contributed by atoms with van der Waals surface area (Å²) in [6.45, 7) is 26.4. The third-order valence-electron chi connectivity index (χ3n) is 12.0. The number of thiol groups is 2. The lowest BCUT2D eigenvalue weighted by Gasteiger charge is -2.50. The largest absolute Gasteiger partial charge is 0.488 e. The van der Waals surface area contributed by atoms with Gasteiger partial charge in [0.05, 0.1) is 6.10 Å². The Morgan fingerprint density at radius 2 is 1.69 bits per heavy atom. The molecule has 0 radical (unpaired) electrons. The van der Waals surface area contributed by atoms with E-state index in [1.165, 1.54) is 56.9 Å². The van der Waals surface area contributed by atoms with Crippen LogP contribution >= 0.6 is 46.8 Å². The van der Waals surface area contributed by atoms with E-state index < -0.39 is 0 Å². The zero-order valence-electron chi connectivity index (χ0n) is 33.7. The van der Waals surface area contributed by atoms with Crippen LogP contribution in [0, 0.1) is 39.9 Å². The lowest BCUT2D eigenvalue weighted by atomic mass is 9.55. The van der Waals surface area contributed by atoms with Gasteiger partial charge in [0.1, 0.15) is 14.8 Å². The van der Waals surface area contributed by atoms with Gasteiger partial charge in [0.2, 0.25) is 0 Å². The predicted molar refractivity (Wildman–Crippen MR) is 227 cm³/mol. The summed E-state index contributed by atoms with van der Waals surface area (Å²) in [6, 6.07) is 7.00. The average Bonchev–Trinajstić information content (AvgIpc) is 3.32. The van der Waals surface area contributed by atoms with Gasteiger partial charge in [-0.15, -0.1) is 25.3 Å². The number of hydrogen-bond donors (Lipinski definition) is 3. The van der Waals surface area contributed by atoms with Gasteiger partial charge >= 0.3 is 0 Å². The first-order valence-corrected chi connectivity index (χ1v) is 22.7. The number of fused-ring (bicyclic) bond motifs is 5. The van der Waals surface area contributed by atoms with E-state index >= 15 is 0 Å². The van der Waals surface area contributed by atoms with Crippen molar-refractivity contribution in [2.24, 2.45) is 39.9 Å². The minimum Gasteiger partial charge on any atom is -0.488 e. The molecule has 0 saturated heterocycles. The van der Waals surface area contributed by atoms with Crippen molar-refractivity contribution in [3.05, 3.63) is 29.3 Å². The number of nitrogens with one attached hydrogen (secondary N) is 1. The quantitative estimate of drug-likeness (QED) is 0.0889. The van der Waals surface area contributed by atoms with E-state index in [2.05, 4.69) is 99.7 Å². The molecule has 1 aromatic rings. The first-order valence-electron chi connectivity index (χ1n) is 19.5. The van der Waals surface area contributed by atoms with Gasteiger partial charge in [0.25, 0.3) is 0 Å². The molecule has 3 nitrogen and oxygen atoms in total. The maximum Gasteiger partial charge on any atom is 0.120 e. The van der Waals surface area contributed by atoms with Gasteiger partial charge in [0.15, 0.2) is 0 Å². The Hall–Kier alpha value is 0.340. The lowest BCUT2D eigenvalue weighted by Crippen LogP contribution is -2.44. The van der Waals surface area contributed by atoms with Gasteiger partial charge in [-0.1, -0.05) is 96.4 Å². The van der Waals surface area contributed by atoms with Crippen LogP contribution < -0.4 is 10.1 Å². The first kappa shape index (κ1) is 43.7. The van der Waals surface area contributed by atoms with Crippen molar-refractivity contribution in [1.82, 2.24) is 5.32 Å². The highest BCUT2D eigenvalue weighted by Crippen LogP contribution is 2.61. The molecule has 0 spiro atoms. The van der Waals surface area contributed by atoms with Crippen molar-refractivity contribution in [2.45, 2.75) is 161 Å². The normalized spacial score (nSPS) is 26.4. The molecule has 284 valence electrons. The molecule has 4 rings (SSSR count). The van der Waals surface area contributed by atoms with E-state index in [1.807, 2.05) is 35.7 Å². The van der Waals surface area contributed by atoms with E-state index in [4.69, 9.17) is 34.7 Å². The summed E-state index contributed by atoms with van der Waals surface area (Å²) in [4.78, 5) is 0. The Balaban J connectivity index is 0.000000298. The molecule has 1 N–H and O–H groups in total. The molecule has 2 saturated carbocycles. The van der Waals surface area contributed by atoms with E-state index in [-0.39, 0.29) is 14.4 Å². The van der Waals surface area contributed by atoms with Gasteiger partial charge in [-0.3, -0.25) is 0 Å². The van der Waals surface area contributed by atoms with Crippen molar-refractivity contribution >= 4 is 46.8 Å². The molecular formula is C42H75NO2S4. The smallest absolute Gasteiger partial charge is 0.120 e. The molecule has 3 aliphatic carbocycles. The molecule has 49 heavy (non-hydrogen) atoms. The zero-order chi connectivity index (χ0) is 36.8. The van der Waals surface area contributed by atoms with Crippen LogP contribution in [0.15, 0.2) is 18.2 Å². The molecule has 1 aromatic carbocycles. The van der Waals surface area contributed by atoms with Crippen LogP contribution in [0.1, 0.15) is 151 Å². The topological polar surface area (TPSA) is 30.5 Å². The Bertz CT molecular complexity index is 1170. The molecule has 0 amide bonds. The van der Waals surface area contributed by atoms with Crippen molar-refractivity contribution in [3.63, 3.8) is 0 Å². The van der Waals surface area contributed by atoms with Crippen molar-refractivity contribution in [2.75, 3.05) is 26.5 Å². The highest BCUT2D eigenvalue weighted by molar-refractivity contribution is 8.80. The average molecular weight is 754 g/mol. The van der Waals surface area contributed by atoms with Crippen LogP contribution in [-0.2, 0) is 11.2 Å². The number of benzene rings is 1. The second kappa shape index (κ2) is 18.1. The summed E-state index contributed by atoms with van der Waals surface area (Å²) in [7, 11) is 7.69. The van der Waals surface area contributed by atoms with Crippen LogP contribution in [0.3, 0.4) is 0 Å². The minimum atomic E-state index is -0.276. The fourth-order valence-corrected chi connectivity index (χ4v) is 14.4. The van der Waals surface area contributed by atoms with Crippen LogP contribution in [0.25, 0.3) is 0 Å². The molecule has 0 bridgehead atoms. The summed E-state index contributed by atoms with van der Waals surface area (Å²) in [5.74, 6) is 5.96. The number of hydrogen-bond acceptors (Lipinski definition) is 7. The SMILES string of the molecule is CCCC(C)(C)C(S)(S)SSCC(C)(C)CC(C)C.CNCC(C)CC(C)(C)Oc1ccc2c(c1)CCC1C2CCC2(C)C(OC)CCC12. The van der Waals surface area contributed by atoms with E-state index in [1.54, 1.807) is 5.56 Å². The number of methoxy groups -OCH3 is 1. The lowest BCUT2D eigenvalue weighted by molar-refractivity contribution is -0.0444. The Labute approximate surface area is 322 Å². The molecule has 7 heteroatoms. The molecule has 3 aliphatic rings. The van der Waals surface area contributed by atoms with Crippen LogP contribution in [-0.4, -0.2) is 41.6 Å². The molecule has 2 fully saturated rings. The standard InChI is InChI=1S/C27H43NO2.C15H32S4/c1-18(17-28-5)16-26(2,3)30-20-8-10-21-19(15-20)7-9-23-22(21)13-14-27(4)24(23)11-12-25(27)29-6;1-8-9-14(6,7)15(16,17)19-18-11-13(4,5)10-12(2)3/h8,10,15,18,22-25,28H,7,9,11-14,16-17H2,1-6H3;12,16-17H,8-11H2,1-7H3. The highest BCUT2D eigenvalue weighted by Gasteiger charge is 2.55. The Morgan fingerprint density at radius 3 is 2.31 bits per heavy atom. The van der Waals surface area contributed by atoms with E-state index in [0.29, 0.717) is 22.9 Å². The molecule has 0 heterocycles. The van der Waals surface area contributed by atoms with Crippen molar-refractivity contribution in [3.8, 4) is 5.75 Å². The van der Waals surface area contributed by atoms with Gasteiger partial charge in [-0.25, -0.2) is 0 Å². The van der Waals surface area contributed by atoms with Crippen LogP contribution in [0.2, 0.25) is 0 Å². The van der Waals surface area contributed by atoms with Gasteiger partial charge in [-0.05, 0) is 154 Å². The van der Waals surface area contributed by atoms with Crippen molar-refractivity contribution < 1.29 is 9.47 Å². The zero-order valence-corrected chi connectivity index (χ0v) is 37.1. The summed E-state index contributed by atoms with van der Waals surface area (Å²) >= 11 is 9.61. The first-order chi connectivity index (χ1) is 22.7. The molecule has 6 atom stereocenters. The van der Waals surface area contributed by atoms with E-state index in [0.717, 1.165) is 54.6 Å². The minimum absolute atomic E-state index is 0.133.